The molecule has 0 radical (unpaired) electrons. The van der Waals surface area contributed by atoms with Crippen LogP contribution in [0.25, 0.3) is 0 Å². The molecular formula is C20H33IN4O4. The summed E-state index contributed by atoms with van der Waals surface area (Å²) in [6.45, 7) is 4.37. The zero-order valence-corrected chi connectivity index (χ0v) is 20.0. The molecule has 9 heteroatoms. The lowest BCUT2D eigenvalue weighted by molar-refractivity contribution is 0.0963. The molecule has 1 saturated heterocycles. The first-order valence-electron chi connectivity index (χ1n) is 9.71. The van der Waals surface area contributed by atoms with Gasteiger partial charge in [0.25, 0.3) is 0 Å². The minimum Gasteiger partial charge on any atom is -0.493 e. The van der Waals surface area contributed by atoms with E-state index in [0.29, 0.717) is 19.7 Å². The van der Waals surface area contributed by atoms with E-state index in [1.165, 1.54) is 0 Å². The van der Waals surface area contributed by atoms with E-state index in [9.17, 15) is 4.79 Å². The zero-order valence-electron chi connectivity index (χ0n) is 17.7. The number of amides is 1. The Kier molecular flexibility index (Phi) is 11.6. The van der Waals surface area contributed by atoms with Crippen molar-refractivity contribution in [1.29, 1.82) is 0 Å². The third-order valence-electron chi connectivity index (χ3n) is 4.74. The van der Waals surface area contributed by atoms with Crippen molar-refractivity contribution in [2.45, 2.75) is 32.2 Å². The molecule has 1 aromatic carbocycles. The van der Waals surface area contributed by atoms with Crippen molar-refractivity contribution < 1.29 is 19.0 Å². The second-order valence-corrected chi connectivity index (χ2v) is 6.54. The number of halogens is 1. The number of hydrogen-bond acceptors (Lipinski definition) is 5. The molecular weight excluding hydrogens is 487 g/mol. The van der Waals surface area contributed by atoms with Gasteiger partial charge < -0.3 is 29.7 Å². The minimum absolute atomic E-state index is 0. The van der Waals surface area contributed by atoms with Gasteiger partial charge in [-0.25, -0.2) is 4.79 Å². The Morgan fingerprint density at radius 2 is 1.90 bits per heavy atom. The number of piperidine rings is 1. The average molecular weight is 520 g/mol. The fourth-order valence-corrected chi connectivity index (χ4v) is 3.17. The standard InChI is InChI=1S/C20H32N4O4.HI/c1-5-28-20(25)24-12-9-16(10-13-24)23-19(21-2)22-11-8-15-6-7-17(26-3)18(14-15)27-4;/h6-7,14,16H,5,8-13H2,1-4H3,(H2,21,22,23);1H. The molecule has 1 aliphatic rings. The molecule has 0 bridgehead atoms. The smallest absolute Gasteiger partial charge is 0.409 e. The number of carbonyl (C=O) groups is 1. The number of aliphatic imine (C=N–C) groups is 1. The molecule has 0 spiro atoms. The number of nitrogens with one attached hydrogen (secondary N) is 2. The Morgan fingerprint density at radius 3 is 2.48 bits per heavy atom. The summed E-state index contributed by atoms with van der Waals surface area (Å²) in [6.07, 6.45) is 2.35. The van der Waals surface area contributed by atoms with Gasteiger partial charge in [-0.3, -0.25) is 4.99 Å². The minimum atomic E-state index is -0.224. The molecule has 2 N–H and O–H groups in total. The highest BCUT2D eigenvalue weighted by atomic mass is 127. The molecule has 0 aromatic heterocycles. The molecule has 0 unspecified atom stereocenters. The molecule has 0 saturated carbocycles. The summed E-state index contributed by atoms with van der Waals surface area (Å²) in [4.78, 5) is 17.8. The SMILES string of the molecule is CCOC(=O)N1CCC(NC(=NC)NCCc2ccc(OC)c(OC)c2)CC1.I. The normalized spacial score (nSPS) is 14.6. The van der Waals surface area contributed by atoms with Gasteiger partial charge in [0.05, 0.1) is 20.8 Å². The maximum absolute atomic E-state index is 11.8. The van der Waals surface area contributed by atoms with Crippen LogP contribution in [0.3, 0.4) is 0 Å². The van der Waals surface area contributed by atoms with E-state index in [4.69, 9.17) is 14.2 Å². The molecule has 29 heavy (non-hydrogen) atoms. The highest BCUT2D eigenvalue weighted by Crippen LogP contribution is 2.27. The highest BCUT2D eigenvalue weighted by molar-refractivity contribution is 14.0. The third kappa shape index (κ3) is 7.79. The zero-order chi connectivity index (χ0) is 20.4. The summed E-state index contributed by atoms with van der Waals surface area (Å²) in [5, 5.41) is 6.79. The highest BCUT2D eigenvalue weighted by Gasteiger charge is 2.23. The Morgan fingerprint density at radius 1 is 1.21 bits per heavy atom. The van der Waals surface area contributed by atoms with Gasteiger partial charge in [-0.1, -0.05) is 6.07 Å². The number of carbonyl (C=O) groups excluding carboxylic acids is 1. The van der Waals surface area contributed by atoms with Crippen LogP contribution in [0.2, 0.25) is 0 Å². The summed E-state index contributed by atoms with van der Waals surface area (Å²) in [7, 11) is 5.03. The lowest BCUT2D eigenvalue weighted by atomic mass is 10.1. The largest absolute Gasteiger partial charge is 0.493 e. The first kappa shape index (κ1) is 25.1. The van der Waals surface area contributed by atoms with Gasteiger partial charge in [0.1, 0.15) is 0 Å². The predicted octanol–water partition coefficient (Wildman–Crippen LogP) is 2.65. The van der Waals surface area contributed by atoms with Gasteiger partial charge in [0.2, 0.25) is 0 Å². The Labute approximate surface area is 190 Å². The molecule has 164 valence electrons. The summed E-state index contributed by atoms with van der Waals surface area (Å²) in [6, 6.07) is 6.22. The average Bonchev–Trinajstić information content (AvgIpc) is 2.73. The second-order valence-electron chi connectivity index (χ2n) is 6.54. The summed E-state index contributed by atoms with van der Waals surface area (Å²) < 4.78 is 15.7. The van der Waals surface area contributed by atoms with Crippen molar-refractivity contribution in [3.63, 3.8) is 0 Å². The number of benzene rings is 1. The van der Waals surface area contributed by atoms with E-state index in [-0.39, 0.29) is 36.1 Å². The van der Waals surface area contributed by atoms with Crippen LogP contribution < -0.4 is 20.1 Å². The molecule has 2 rings (SSSR count). The van der Waals surface area contributed by atoms with Crippen LogP contribution in [0.15, 0.2) is 23.2 Å². The fourth-order valence-electron chi connectivity index (χ4n) is 3.17. The predicted molar refractivity (Wildman–Crippen MR) is 125 cm³/mol. The topological polar surface area (TPSA) is 84.4 Å². The number of guanidine groups is 1. The van der Waals surface area contributed by atoms with Gasteiger partial charge in [-0.2, -0.15) is 0 Å². The van der Waals surface area contributed by atoms with Gasteiger partial charge in [-0.05, 0) is 43.9 Å². The number of methoxy groups -OCH3 is 2. The van der Waals surface area contributed by atoms with Crippen molar-refractivity contribution in [3.8, 4) is 11.5 Å². The molecule has 1 fully saturated rings. The number of hydrogen-bond donors (Lipinski definition) is 2. The van der Waals surface area contributed by atoms with Crippen molar-refractivity contribution >= 4 is 36.0 Å². The van der Waals surface area contributed by atoms with Crippen LogP contribution in [0.5, 0.6) is 11.5 Å². The Hall–Kier alpha value is -1.91. The van der Waals surface area contributed by atoms with Gasteiger partial charge >= 0.3 is 6.09 Å². The van der Waals surface area contributed by atoms with Crippen LogP contribution in [0, 0.1) is 0 Å². The van der Waals surface area contributed by atoms with Gasteiger partial charge in [-0.15, -0.1) is 24.0 Å². The van der Waals surface area contributed by atoms with Crippen LogP contribution >= 0.6 is 24.0 Å². The molecule has 1 aliphatic heterocycles. The van der Waals surface area contributed by atoms with E-state index in [2.05, 4.69) is 15.6 Å². The maximum Gasteiger partial charge on any atom is 0.409 e. The summed E-state index contributed by atoms with van der Waals surface area (Å²) in [5.74, 6) is 2.23. The van der Waals surface area contributed by atoms with E-state index in [1.54, 1.807) is 26.2 Å². The lowest BCUT2D eigenvalue weighted by Gasteiger charge is -2.32. The van der Waals surface area contributed by atoms with E-state index >= 15 is 0 Å². The first-order chi connectivity index (χ1) is 13.6. The lowest BCUT2D eigenvalue weighted by Crippen LogP contribution is -2.50. The monoisotopic (exact) mass is 520 g/mol. The quantitative estimate of drug-likeness (QED) is 0.327. The van der Waals surface area contributed by atoms with Crippen molar-refractivity contribution in [1.82, 2.24) is 15.5 Å². The van der Waals surface area contributed by atoms with Crippen LogP contribution in [-0.4, -0.2) is 70.5 Å². The molecule has 0 aliphatic carbocycles. The summed E-state index contributed by atoms with van der Waals surface area (Å²) in [5.41, 5.74) is 1.16. The number of ether oxygens (including phenoxy) is 3. The summed E-state index contributed by atoms with van der Waals surface area (Å²) >= 11 is 0. The van der Waals surface area contributed by atoms with Gasteiger partial charge in [0, 0.05) is 32.7 Å². The van der Waals surface area contributed by atoms with Gasteiger partial charge in [0.15, 0.2) is 17.5 Å². The Balaban J connectivity index is 0.00000420. The van der Waals surface area contributed by atoms with E-state index in [0.717, 1.165) is 48.8 Å². The molecule has 1 aromatic rings. The fraction of sp³-hybridized carbons (Fsp3) is 0.600. The van der Waals surface area contributed by atoms with Crippen molar-refractivity contribution in [3.05, 3.63) is 23.8 Å². The molecule has 1 amide bonds. The van der Waals surface area contributed by atoms with Crippen LogP contribution in [0.4, 0.5) is 4.79 Å². The van der Waals surface area contributed by atoms with Crippen molar-refractivity contribution in [2.24, 2.45) is 4.99 Å². The van der Waals surface area contributed by atoms with Crippen LogP contribution in [0.1, 0.15) is 25.3 Å². The number of likely N-dealkylation sites (tertiary alicyclic amines) is 1. The Bertz CT molecular complexity index is 664. The molecule has 1 heterocycles. The number of rotatable bonds is 7. The first-order valence-corrected chi connectivity index (χ1v) is 9.71. The van der Waals surface area contributed by atoms with E-state index in [1.807, 2.05) is 25.1 Å². The van der Waals surface area contributed by atoms with E-state index < -0.39 is 0 Å². The second kappa shape index (κ2) is 13.3. The maximum atomic E-state index is 11.8. The molecule has 8 nitrogen and oxygen atoms in total. The van der Waals surface area contributed by atoms with Crippen LogP contribution in [-0.2, 0) is 11.2 Å². The number of nitrogens with zero attached hydrogens (tertiary/aromatic N) is 2. The molecule has 0 atom stereocenters. The third-order valence-corrected chi connectivity index (χ3v) is 4.74. The van der Waals surface area contributed by atoms with Crippen molar-refractivity contribution in [2.75, 3.05) is 47.5 Å².